The van der Waals surface area contributed by atoms with Gasteiger partial charge in [0.15, 0.2) is 0 Å². The van der Waals surface area contributed by atoms with Gasteiger partial charge in [-0.2, -0.15) is 0 Å². The summed E-state index contributed by atoms with van der Waals surface area (Å²) < 4.78 is 28.4. The van der Waals surface area contributed by atoms with Crippen molar-refractivity contribution in [2.45, 2.75) is 51.9 Å². The molecule has 5 nitrogen and oxygen atoms in total. The molecule has 1 aliphatic rings. The number of amides is 1. The number of aryl methyl sites for hydroxylation is 4. The third-order valence-electron chi connectivity index (χ3n) is 5.14. The summed E-state index contributed by atoms with van der Waals surface area (Å²) in [5.74, 6) is 0.128. The molecule has 1 saturated heterocycles. The van der Waals surface area contributed by atoms with Crippen LogP contribution in [0.15, 0.2) is 35.2 Å². The minimum Gasteiger partial charge on any atom is -0.312 e. The Morgan fingerprint density at radius 2 is 1.59 bits per heavy atom. The molecule has 1 N–H and O–H groups in total. The molecule has 27 heavy (non-hydrogen) atoms. The molecule has 1 heterocycles. The molecule has 1 aliphatic heterocycles. The van der Waals surface area contributed by atoms with E-state index in [0.717, 1.165) is 40.8 Å². The van der Waals surface area contributed by atoms with Crippen molar-refractivity contribution >= 4 is 27.3 Å². The minimum atomic E-state index is -3.68. The van der Waals surface area contributed by atoms with Crippen LogP contribution in [-0.4, -0.2) is 20.9 Å². The predicted octanol–water partition coefficient (Wildman–Crippen LogP) is 4.24. The quantitative estimate of drug-likeness (QED) is 0.855. The highest BCUT2D eigenvalue weighted by Crippen LogP contribution is 2.29. The summed E-state index contributed by atoms with van der Waals surface area (Å²) in [5, 5.41) is 0. The molecule has 0 unspecified atom stereocenters. The zero-order valence-corrected chi connectivity index (χ0v) is 17.1. The lowest BCUT2D eigenvalue weighted by Crippen LogP contribution is -2.35. The second-order valence-corrected chi connectivity index (χ2v) is 8.96. The lowest BCUT2D eigenvalue weighted by Gasteiger charge is -2.28. The molecule has 2 aromatic carbocycles. The molecule has 144 valence electrons. The molecular weight excluding hydrogens is 360 g/mol. The molecule has 0 saturated carbocycles. The molecule has 1 amide bonds. The van der Waals surface area contributed by atoms with Gasteiger partial charge < -0.3 is 4.90 Å². The van der Waals surface area contributed by atoms with E-state index in [4.69, 9.17) is 0 Å². The van der Waals surface area contributed by atoms with Crippen LogP contribution >= 0.6 is 0 Å². The van der Waals surface area contributed by atoms with Crippen molar-refractivity contribution in [3.8, 4) is 0 Å². The Morgan fingerprint density at radius 1 is 0.889 bits per heavy atom. The Kier molecular flexibility index (Phi) is 5.29. The molecule has 0 bridgehead atoms. The average Bonchev–Trinajstić information content (AvgIpc) is 2.59. The molecule has 0 spiro atoms. The standard InChI is InChI=1S/C21H26N2O3S/c1-14-11-17(4)20(13-15(14)2)27(25,26)22-18-8-9-19(16(3)12-18)23-10-6-5-7-21(23)24/h8-9,11-13,22H,5-7,10H2,1-4H3. The maximum Gasteiger partial charge on any atom is 0.262 e. The van der Waals surface area contributed by atoms with Crippen molar-refractivity contribution in [1.82, 2.24) is 0 Å². The number of rotatable bonds is 4. The van der Waals surface area contributed by atoms with Crippen LogP contribution in [0.25, 0.3) is 0 Å². The van der Waals surface area contributed by atoms with E-state index < -0.39 is 10.0 Å². The highest BCUT2D eigenvalue weighted by molar-refractivity contribution is 7.92. The van der Waals surface area contributed by atoms with Gasteiger partial charge in [0.2, 0.25) is 5.91 Å². The van der Waals surface area contributed by atoms with Gasteiger partial charge in [-0.1, -0.05) is 6.07 Å². The summed E-state index contributed by atoms with van der Waals surface area (Å²) in [7, 11) is -3.68. The van der Waals surface area contributed by atoms with Gasteiger partial charge in [0.05, 0.1) is 4.90 Å². The number of nitrogens with one attached hydrogen (secondary N) is 1. The van der Waals surface area contributed by atoms with Crippen molar-refractivity contribution in [2.24, 2.45) is 0 Å². The van der Waals surface area contributed by atoms with E-state index in [1.807, 2.05) is 32.9 Å². The van der Waals surface area contributed by atoms with Gasteiger partial charge in [-0.25, -0.2) is 8.42 Å². The number of nitrogens with zero attached hydrogens (tertiary/aromatic N) is 1. The zero-order chi connectivity index (χ0) is 19.8. The fourth-order valence-electron chi connectivity index (χ4n) is 3.52. The summed E-state index contributed by atoms with van der Waals surface area (Å²) >= 11 is 0. The van der Waals surface area contributed by atoms with Crippen molar-refractivity contribution in [1.29, 1.82) is 0 Å². The second kappa shape index (κ2) is 7.35. The topological polar surface area (TPSA) is 66.5 Å². The van der Waals surface area contributed by atoms with Crippen molar-refractivity contribution < 1.29 is 13.2 Å². The van der Waals surface area contributed by atoms with Gasteiger partial charge in [0.1, 0.15) is 0 Å². The zero-order valence-electron chi connectivity index (χ0n) is 16.3. The Morgan fingerprint density at radius 3 is 2.26 bits per heavy atom. The first-order valence-electron chi connectivity index (χ1n) is 9.21. The second-order valence-electron chi connectivity index (χ2n) is 7.31. The lowest BCUT2D eigenvalue weighted by atomic mass is 10.1. The highest BCUT2D eigenvalue weighted by Gasteiger charge is 2.22. The molecule has 0 radical (unpaired) electrons. The van der Waals surface area contributed by atoms with Crippen LogP contribution < -0.4 is 9.62 Å². The van der Waals surface area contributed by atoms with Crippen LogP contribution in [0.1, 0.15) is 41.5 Å². The van der Waals surface area contributed by atoms with Gasteiger partial charge in [0, 0.05) is 24.3 Å². The summed E-state index contributed by atoms with van der Waals surface area (Å²) in [6.45, 7) is 8.29. The number of carbonyl (C=O) groups is 1. The van der Waals surface area contributed by atoms with Crippen LogP contribution in [0.4, 0.5) is 11.4 Å². The maximum absolute atomic E-state index is 12.9. The first-order chi connectivity index (χ1) is 12.7. The fraction of sp³-hybridized carbons (Fsp3) is 0.381. The van der Waals surface area contributed by atoms with E-state index in [1.54, 1.807) is 30.0 Å². The monoisotopic (exact) mass is 386 g/mol. The molecular formula is C21H26N2O3S. The molecule has 6 heteroatoms. The Labute approximate surface area is 161 Å². The van der Waals surface area contributed by atoms with E-state index in [2.05, 4.69) is 4.72 Å². The number of benzene rings is 2. The van der Waals surface area contributed by atoms with Crippen LogP contribution in [0.3, 0.4) is 0 Å². The van der Waals surface area contributed by atoms with Crippen LogP contribution in [-0.2, 0) is 14.8 Å². The van der Waals surface area contributed by atoms with E-state index in [9.17, 15) is 13.2 Å². The van der Waals surface area contributed by atoms with Crippen LogP contribution in [0.2, 0.25) is 0 Å². The summed E-state index contributed by atoms with van der Waals surface area (Å²) in [4.78, 5) is 14.2. The van der Waals surface area contributed by atoms with Gasteiger partial charge >= 0.3 is 0 Å². The van der Waals surface area contributed by atoms with E-state index in [0.29, 0.717) is 23.5 Å². The number of hydrogen-bond acceptors (Lipinski definition) is 3. The Balaban J connectivity index is 1.88. The van der Waals surface area contributed by atoms with E-state index in [-0.39, 0.29) is 5.91 Å². The number of sulfonamides is 1. The summed E-state index contributed by atoms with van der Waals surface area (Å²) in [5.41, 5.74) is 4.96. The molecule has 0 aromatic heterocycles. The highest BCUT2D eigenvalue weighted by atomic mass is 32.2. The summed E-state index contributed by atoms with van der Waals surface area (Å²) in [6.07, 6.45) is 2.49. The predicted molar refractivity (Wildman–Crippen MR) is 109 cm³/mol. The van der Waals surface area contributed by atoms with E-state index >= 15 is 0 Å². The first-order valence-corrected chi connectivity index (χ1v) is 10.7. The van der Waals surface area contributed by atoms with Crippen molar-refractivity contribution in [2.75, 3.05) is 16.2 Å². The normalized spacial score (nSPS) is 15.1. The molecule has 1 fully saturated rings. The molecule has 0 aliphatic carbocycles. The number of anilines is 2. The Hall–Kier alpha value is -2.34. The van der Waals surface area contributed by atoms with Gasteiger partial charge in [0.25, 0.3) is 10.0 Å². The fourth-order valence-corrected chi connectivity index (χ4v) is 4.88. The Bertz CT molecular complexity index is 997. The summed E-state index contributed by atoms with van der Waals surface area (Å²) in [6, 6.07) is 8.92. The molecule has 0 atom stereocenters. The van der Waals surface area contributed by atoms with Crippen LogP contribution in [0.5, 0.6) is 0 Å². The minimum absolute atomic E-state index is 0.128. The van der Waals surface area contributed by atoms with Gasteiger partial charge in [-0.05, 0) is 87.1 Å². The first kappa shape index (κ1) is 19.4. The SMILES string of the molecule is Cc1cc(C)c(S(=O)(=O)Nc2ccc(N3CCCCC3=O)c(C)c2)cc1C. The van der Waals surface area contributed by atoms with E-state index in [1.165, 1.54) is 0 Å². The molecule has 3 rings (SSSR count). The van der Waals surface area contributed by atoms with Crippen molar-refractivity contribution in [3.05, 3.63) is 52.6 Å². The number of piperidine rings is 1. The lowest BCUT2D eigenvalue weighted by molar-refractivity contribution is -0.119. The third-order valence-corrected chi connectivity index (χ3v) is 6.67. The number of hydrogen-bond donors (Lipinski definition) is 1. The van der Waals surface area contributed by atoms with Gasteiger partial charge in [-0.15, -0.1) is 0 Å². The average molecular weight is 387 g/mol. The largest absolute Gasteiger partial charge is 0.312 e. The third kappa shape index (κ3) is 4.00. The molecule has 2 aromatic rings. The van der Waals surface area contributed by atoms with Crippen molar-refractivity contribution in [3.63, 3.8) is 0 Å². The van der Waals surface area contributed by atoms with Crippen LogP contribution in [0, 0.1) is 27.7 Å². The van der Waals surface area contributed by atoms with Gasteiger partial charge in [-0.3, -0.25) is 9.52 Å². The maximum atomic E-state index is 12.9. The number of carbonyl (C=O) groups excluding carboxylic acids is 1. The smallest absolute Gasteiger partial charge is 0.262 e.